The number of hydrogen-bond acceptors (Lipinski definition) is 5. The summed E-state index contributed by atoms with van der Waals surface area (Å²) < 4.78 is 28.2. The van der Waals surface area contributed by atoms with Gasteiger partial charge < -0.3 is 19.4 Å². The Bertz CT molecular complexity index is 485. The molecule has 30 heavy (non-hydrogen) atoms. The number of phosphoric acid groups is 1. The molecule has 2 atom stereocenters. The third-order valence-corrected chi connectivity index (χ3v) is 5.71. The molecule has 0 aromatic heterocycles. The minimum atomic E-state index is -4.12. The number of nitrogens with zero attached hydrogens (tertiary/aromatic N) is 1. The number of likely N-dealkylation sites (N-methyl/N-ethyl adjacent to an activating group) is 1. The van der Waals surface area contributed by atoms with Crippen LogP contribution < -0.4 is 5.32 Å². The third-order valence-electron chi connectivity index (χ3n) is 4.73. The maximum absolute atomic E-state index is 12.1. The molecule has 0 spiro atoms. The normalized spacial score (nSPS) is 14.9. The van der Waals surface area contributed by atoms with Gasteiger partial charge in [-0.15, -0.1) is 0 Å². The molecule has 0 radical (unpaired) electrons. The van der Waals surface area contributed by atoms with Gasteiger partial charge in [0.25, 0.3) is 0 Å². The van der Waals surface area contributed by atoms with Crippen LogP contribution in [0.25, 0.3) is 0 Å². The molecule has 0 aliphatic rings. The summed E-state index contributed by atoms with van der Waals surface area (Å²) >= 11 is 0. The van der Waals surface area contributed by atoms with Crippen molar-refractivity contribution in [2.24, 2.45) is 5.92 Å². The zero-order chi connectivity index (χ0) is 22.9. The average Bonchev–Trinajstić information content (AvgIpc) is 2.64. The number of hydrogen-bond donors (Lipinski definition) is 2. The molecule has 0 aromatic rings. The van der Waals surface area contributed by atoms with E-state index >= 15 is 0 Å². The summed E-state index contributed by atoms with van der Waals surface area (Å²) in [6.07, 6.45) is 9.91. The highest BCUT2D eigenvalue weighted by atomic mass is 31.2. The van der Waals surface area contributed by atoms with Gasteiger partial charge in [0.2, 0.25) is 0 Å². The van der Waals surface area contributed by atoms with E-state index in [1.807, 2.05) is 28.1 Å². The Morgan fingerprint density at radius 2 is 1.57 bits per heavy atom. The third kappa shape index (κ3) is 19.3. The number of amides is 1. The maximum atomic E-state index is 12.1. The molecule has 180 valence electrons. The first-order valence-electron chi connectivity index (χ1n) is 11.4. The molecule has 0 heterocycles. The maximum Gasteiger partial charge on any atom is 0.472 e. The number of rotatable bonds is 19. The van der Waals surface area contributed by atoms with Crippen molar-refractivity contribution in [2.75, 3.05) is 54.1 Å². The molecular formula is C21H46N2O6P+. The Morgan fingerprint density at radius 3 is 2.13 bits per heavy atom. The van der Waals surface area contributed by atoms with Gasteiger partial charge >= 0.3 is 13.9 Å². The molecule has 0 aliphatic carbocycles. The van der Waals surface area contributed by atoms with Crippen molar-refractivity contribution < 1.29 is 32.5 Å². The van der Waals surface area contributed by atoms with Crippen LogP contribution in [0.4, 0.5) is 4.79 Å². The molecule has 8 nitrogen and oxygen atoms in total. The summed E-state index contributed by atoms with van der Waals surface area (Å²) in [7, 11) is 1.81. The van der Waals surface area contributed by atoms with Crippen LogP contribution in [-0.2, 0) is 18.3 Å². The van der Waals surface area contributed by atoms with Gasteiger partial charge in [0.1, 0.15) is 13.2 Å². The van der Waals surface area contributed by atoms with Gasteiger partial charge in [-0.25, -0.2) is 9.36 Å². The van der Waals surface area contributed by atoms with E-state index in [0.717, 1.165) is 19.3 Å². The highest BCUT2D eigenvalue weighted by Gasteiger charge is 2.25. The lowest BCUT2D eigenvalue weighted by molar-refractivity contribution is -0.870. The smallest absolute Gasteiger partial charge is 0.449 e. The molecule has 0 saturated heterocycles. The van der Waals surface area contributed by atoms with Gasteiger partial charge in [-0.05, 0) is 13.3 Å². The van der Waals surface area contributed by atoms with E-state index in [4.69, 9.17) is 13.8 Å². The molecule has 0 aromatic carbocycles. The Hall–Kier alpha value is -0.660. The quantitative estimate of drug-likeness (QED) is 0.167. The topological polar surface area (TPSA) is 94.1 Å². The monoisotopic (exact) mass is 453 g/mol. The molecule has 0 bridgehead atoms. The molecule has 0 aliphatic heterocycles. The van der Waals surface area contributed by atoms with Crippen molar-refractivity contribution in [3.8, 4) is 0 Å². The Labute approximate surface area is 183 Å². The summed E-state index contributed by atoms with van der Waals surface area (Å²) in [5.41, 5.74) is 0. The second-order valence-electron chi connectivity index (χ2n) is 8.87. The number of nitrogens with one attached hydrogen (secondary N) is 1. The minimum Gasteiger partial charge on any atom is -0.449 e. The largest absolute Gasteiger partial charge is 0.472 e. The second kappa shape index (κ2) is 17.0. The Balaban J connectivity index is 4.34. The van der Waals surface area contributed by atoms with E-state index in [-0.39, 0.29) is 25.7 Å². The van der Waals surface area contributed by atoms with E-state index in [0.29, 0.717) is 17.6 Å². The molecular weight excluding hydrogens is 407 g/mol. The molecule has 2 N–H and O–H groups in total. The number of quaternary nitrogens is 1. The number of unbranched alkanes of at least 4 members (excludes halogenated alkanes) is 7. The summed E-state index contributed by atoms with van der Waals surface area (Å²) in [6.45, 7) is 5.42. The fourth-order valence-corrected chi connectivity index (χ4v) is 3.62. The van der Waals surface area contributed by atoms with Gasteiger partial charge in [0, 0.05) is 12.5 Å². The molecule has 0 saturated carbocycles. The van der Waals surface area contributed by atoms with E-state index in [9.17, 15) is 14.3 Å². The van der Waals surface area contributed by atoms with E-state index in [1.165, 1.54) is 38.5 Å². The first kappa shape index (κ1) is 29.3. The van der Waals surface area contributed by atoms with Crippen LogP contribution >= 0.6 is 7.82 Å². The fourth-order valence-electron chi connectivity index (χ4n) is 2.84. The number of alkyl carbamates (subject to hydrolysis) is 1. The molecule has 1 amide bonds. The molecule has 0 fully saturated rings. The van der Waals surface area contributed by atoms with E-state index in [1.54, 1.807) is 0 Å². The molecule has 9 heteroatoms. The first-order chi connectivity index (χ1) is 14.1. The molecule has 0 rings (SSSR count). The highest BCUT2D eigenvalue weighted by molar-refractivity contribution is 7.47. The summed E-state index contributed by atoms with van der Waals surface area (Å²) in [5.74, 6) is -0.143. The van der Waals surface area contributed by atoms with Crippen LogP contribution in [0.2, 0.25) is 0 Å². The predicted octanol–water partition coefficient (Wildman–Crippen LogP) is 4.72. The van der Waals surface area contributed by atoms with Gasteiger partial charge in [0.05, 0.1) is 34.4 Å². The molecule has 2 unspecified atom stereocenters. The summed E-state index contributed by atoms with van der Waals surface area (Å²) in [5, 5.41) is 2.58. The zero-order valence-corrected chi connectivity index (χ0v) is 20.8. The second-order valence-corrected chi connectivity index (χ2v) is 10.3. The predicted molar refractivity (Wildman–Crippen MR) is 120 cm³/mol. The van der Waals surface area contributed by atoms with Gasteiger partial charge in [-0.1, -0.05) is 58.3 Å². The van der Waals surface area contributed by atoms with Crippen LogP contribution in [0.5, 0.6) is 0 Å². The summed E-state index contributed by atoms with van der Waals surface area (Å²) in [6, 6.07) is 0. The van der Waals surface area contributed by atoms with Crippen LogP contribution in [0.3, 0.4) is 0 Å². The lowest BCUT2D eigenvalue weighted by Gasteiger charge is -2.24. The van der Waals surface area contributed by atoms with Crippen molar-refractivity contribution in [3.05, 3.63) is 0 Å². The average molecular weight is 454 g/mol. The Morgan fingerprint density at radius 1 is 0.967 bits per heavy atom. The minimum absolute atomic E-state index is 0.0219. The van der Waals surface area contributed by atoms with Crippen molar-refractivity contribution in [1.82, 2.24) is 5.32 Å². The van der Waals surface area contributed by atoms with E-state index < -0.39 is 13.9 Å². The van der Waals surface area contributed by atoms with Gasteiger partial charge in [0.15, 0.2) is 0 Å². The highest BCUT2D eigenvalue weighted by Crippen LogP contribution is 2.43. The number of phosphoric ester groups is 1. The lowest BCUT2D eigenvalue weighted by Crippen LogP contribution is -2.37. The van der Waals surface area contributed by atoms with E-state index in [2.05, 4.69) is 12.2 Å². The zero-order valence-electron chi connectivity index (χ0n) is 19.9. The van der Waals surface area contributed by atoms with Gasteiger partial charge in [-0.3, -0.25) is 9.05 Å². The number of ether oxygens (including phenoxy) is 1. The SMILES string of the molecule is CCCCCCCCCCC(COC(=O)NCC)COP(=O)(O)OCC[N+](C)(C)C. The van der Waals surface area contributed by atoms with Crippen LogP contribution in [0.15, 0.2) is 0 Å². The van der Waals surface area contributed by atoms with Crippen molar-refractivity contribution in [1.29, 1.82) is 0 Å². The summed E-state index contributed by atoms with van der Waals surface area (Å²) in [4.78, 5) is 21.5. The standard InChI is InChI=1S/C21H45N2O6P/c1-6-8-9-10-11-12-13-14-15-20(18-27-21(24)22-7-2)19-29-30(25,26)28-17-16-23(3,4)5/h20H,6-19H2,1-5H3,(H-,22,24,25,26)/p+1. The first-order valence-corrected chi connectivity index (χ1v) is 12.9. The Kier molecular flexibility index (Phi) is 16.6. The van der Waals surface area contributed by atoms with Crippen LogP contribution in [-0.4, -0.2) is 69.5 Å². The van der Waals surface area contributed by atoms with Crippen molar-refractivity contribution in [2.45, 2.75) is 71.6 Å². The van der Waals surface area contributed by atoms with Crippen molar-refractivity contribution >= 4 is 13.9 Å². The number of carbonyl (C=O) groups is 1. The lowest BCUT2D eigenvalue weighted by atomic mass is 10.0. The number of carbonyl (C=O) groups excluding carboxylic acids is 1. The van der Waals surface area contributed by atoms with Crippen LogP contribution in [0, 0.1) is 5.92 Å². The fraction of sp³-hybridized carbons (Fsp3) is 0.952. The van der Waals surface area contributed by atoms with Crippen LogP contribution in [0.1, 0.15) is 71.6 Å². The van der Waals surface area contributed by atoms with Gasteiger partial charge in [-0.2, -0.15) is 0 Å². The van der Waals surface area contributed by atoms with Crippen molar-refractivity contribution in [3.63, 3.8) is 0 Å².